The van der Waals surface area contributed by atoms with Gasteiger partial charge in [-0.3, -0.25) is 4.90 Å². The van der Waals surface area contributed by atoms with E-state index in [0.29, 0.717) is 0 Å². The Balaban J connectivity index is 5.32. The van der Waals surface area contributed by atoms with Crippen LogP contribution in [0.5, 0.6) is 0 Å². The van der Waals surface area contributed by atoms with Gasteiger partial charge in [-0.05, 0) is 55.4 Å². The van der Waals surface area contributed by atoms with E-state index in [1.54, 1.807) is 27.7 Å². The van der Waals surface area contributed by atoms with Gasteiger partial charge in [0.25, 0.3) is 0 Å². The number of hydrogen-bond acceptors (Lipinski definition) is 5. The van der Waals surface area contributed by atoms with Gasteiger partial charge in [-0.1, -0.05) is 0 Å². The third-order valence-corrected chi connectivity index (χ3v) is 2.64. The Kier molecular flexibility index (Phi) is 7.79. The van der Waals surface area contributed by atoms with E-state index in [2.05, 4.69) is 0 Å². The minimum Gasteiger partial charge on any atom is -0.461 e. The Bertz CT molecular complexity index is 294. The summed E-state index contributed by atoms with van der Waals surface area (Å²) in [5.74, 6) is -1.10. The zero-order valence-electron chi connectivity index (χ0n) is 14.0. The summed E-state index contributed by atoms with van der Waals surface area (Å²) in [6, 6.07) is -0.960. The van der Waals surface area contributed by atoms with Crippen molar-refractivity contribution in [1.82, 2.24) is 4.90 Å². The van der Waals surface area contributed by atoms with Gasteiger partial charge in [0.05, 0.1) is 12.2 Å². The minimum atomic E-state index is -1.01. The first-order chi connectivity index (χ1) is 9.07. The number of esters is 2. The van der Waals surface area contributed by atoms with E-state index in [1.165, 1.54) is 0 Å². The fraction of sp³-hybridized carbons (Fsp3) is 0.867. The Morgan fingerprint density at radius 2 is 1.00 bits per heavy atom. The third-order valence-electron chi connectivity index (χ3n) is 2.64. The first kappa shape index (κ1) is 18.9. The lowest BCUT2D eigenvalue weighted by molar-refractivity contribution is -0.170. The summed E-state index contributed by atoms with van der Waals surface area (Å²) in [5, 5.41) is 0. The molecule has 0 heterocycles. The zero-order chi connectivity index (χ0) is 16.0. The van der Waals surface area contributed by atoms with Crippen molar-refractivity contribution < 1.29 is 19.1 Å². The Morgan fingerprint density at radius 1 is 0.700 bits per heavy atom. The molecule has 118 valence electrons. The summed E-state index contributed by atoms with van der Waals surface area (Å²) in [7, 11) is 0. The lowest BCUT2D eigenvalue weighted by Gasteiger charge is -2.35. The van der Waals surface area contributed by atoms with Gasteiger partial charge >= 0.3 is 11.9 Å². The van der Waals surface area contributed by atoms with Crippen LogP contribution in [0.25, 0.3) is 0 Å². The molecule has 0 radical (unpaired) electrons. The van der Waals surface area contributed by atoms with Crippen LogP contribution >= 0.6 is 0 Å². The molecule has 0 spiro atoms. The molecule has 0 aromatic rings. The van der Waals surface area contributed by atoms with Crippen molar-refractivity contribution in [3.63, 3.8) is 0 Å². The second-order valence-corrected chi connectivity index (χ2v) is 6.01. The van der Waals surface area contributed by atoms with Crippen LogP contribution in [0.1, 0.15) is 55.4 Å². The van der Waals surface area contributed by atoms with Gasteiger partial charge in [-0.2, -0.15) is 0 Å². The number of ether oxygens (including phenoxy) is 2. The molecule has 0 amide bonds. The largest absolute Gasteiger partial charge is 0.461 e. The van der Waals surface area contributed by atoms with Crippen LogP contribution in [0.15, 0.2) is 0 Å². The molecule has 0 aromatic carbocycles. The molecule has 0 aliphatic rings. The first-order valence-electron chi connectivity index (χ1n) is 7.26. The Hall–Kier alpha value is -1.10. The van der Waals surface area contributed by atoms with E-state index in [0.717, 1.165) is 0 Å². The second kappa shape index (κ2) is 8.25. The lowest BCUT2D eigenvalue weighted by Crippen LogP contribution is -2.54. The highest BCUT2D eigenvalue weighted by atomic mass is 16.6. The van der Waals surface area contributed by atoms with Crippen molar-refractivity contribution in [2.45, 2.75) is 85.7 Å². The summed E-state index contributed by atoms with van der Waals surface area (Å²) in [6.45, 7) is 14.8. The molecule has 0 aliphatic carbocycles. The molecule has 0 rings (SSSR count). The summed E-state index contributed by atoms with van der Waals surface area (Å²) in [4.78, 5) is 26.3. The monoisotopic (exact) mass is 287 g/mol. The van der Waals surface area contributed by atoms with Crippen molar-refractivity contribution in [1.29, 1.82) is 0 Å². The van der Waals surface area contributed by atoms with Gasteiger partial charge in [0.15, 0.2) is 0 Å². The van der Waals surface area contributed by atoms with E-state index < -0.39 is 18.0 Å². The summed E-state index contributed by atoms with van der Waals surface area (Å²) < 4.78 is 10.4. The lowest BCUT2D eigenvalue weighted by atomic mass is 10.1. The molecule has 5 nitrogen and oxygen atoms in total. The first-order valence-corrected chi connectivity index (χ1v) is 7.26. The zero-order valence-corrected chi connectivity index (χ0v) is 14.0. The topological polar surface area (TPSA) is 55.8 Å². The van der Waals surface area contributed by atoms with Crippen LogP contribution in [-0.2, 0) is 19.1 Å². The van der Waals surface area contributed by atoms with Gasteiger partial charge in [0.1, 0.15) is 0 Å². The van der Waals surface area contributed by atoms with Gasteiger partial charge in [0, 0.05) is 12.1 Å². The highest BCUT2D eigenvalue weighted by Gasteiger charge is 2.39. The number of carbonyl (C=O) groups excluding carboxylic acids is 2. The van der Waals surface area contributed by atoms with Crippen molar-refractivity contribution in [3.05, 3.63) is 0 Å². The van der Waals surface area contributed by atoms with Crippen LogP contribution in [0.4, 0.5) is 0 Å². The summed E-state index contributed by atoms with van der Waals surface area (Å²) >= 11 is 0. The van der Waals surface area contributed by atoms with Gasteiger partial charge in [-0.25, -0.2) is 9.59 Å². The van der Waals surface area contributed by atoms with E-state index >= 15 is 0 Å². The van der Waals surface area contributed by atoms with E-state index in [-0.39, 0.29) is 24.3 Å². The summed E-state index contributed by atoms with van der Waals surface area (Å²) in [5.41, 5.74) is 0. The molecule has 0 unspecified atom stereocenters. The number of rotatable bonds is 7. The molecule has 0 aromatic heterocycles. The van der Waals surface area contributed by atoms with Crippen molar-refractivity contribution in [2.24, 2.45) is 0 Å². The van der Waals surface area contributed by atoms with E-state index in [1.807, 2.05) is 32.6 Å². The molecule has 0 saturated carbocycles. The van der Waals surface area contributed by atoms with Crippen LogP contribution in [0, 0.1) is 0 Å². The third kappa shape index (κ3) is 5.90. The van der Waals surface area contributed by atoms with E-state index in [4.69, 9.17) is 9.47 Å². The molecule has 0 saturated heterocycles. The molecular weight excluding hydrogens is 258 g/mol. The predicted octanol–water partition coefficient (Wildman–Crippen LogP) is 2.38. The number of nitrogens with zero attached hydrogens (tertiary/aromatic N) is 1. The van der Waals surface area contributed by atoms with Gasteiger partial charge in [0.2, 0.25) is 6.04 Å². The predicted molar refractivity (Wildman–Crippen MR) is 78.4 cm³/mol. The molecule has 0 fully saturated rings. The normalized spacial score (nSPS) is 12.1. The number of hydrogen-bond donors (Lipinski definition) is 0. The molecule has 5 heteroatoms. The molecule has 20 heavy (non-hydrogen) atoms. The van der Waals surface area contributed by atoms with E-state index in [9.17, 15) is 9.59 Å². The molecule has 0 N–H and O–H groups in total. The second-order valence-electron chi connectivity index (χ2n) is 6.01. The van der Waals surface area contributed by atoms with Crippen molar-refractivity contribution in [2.75, 3.05) is 0 Å². The molecule has 0 bridgehead atoms. The fourth-order valence-electron chi connectivity index (χ4n) is 2.13. The van der Waals surface area contributed by atoms with Crippen LogP contribution in [0.3, 0.4) is 0 Å². The number of carbonyl (C=O) groups is 2. The molecule has 0 aliphatic heterocycles. The Morgan fingerprint density at radius 3 is 1.20 bits per heavy atom. The van der Waals surface area contributed by atoms with Crippen LogP contribution in [-0.4, -0.2) is 47.2 Å². The van der Waals surface area contributed by atoms with Gasteiger partial charge in [-0.15, -0.1) is 0 Å². The minimum absolute atomic E-state index is 0.0272. The fourth-order valence-corrected chi connectivity index (χ4v) is 2.13. The Labute approximate surface area is 122 Å². The quantitative estimate of drug-likeness (QED) is 0.531. The molecular formula is C15H29NO4. The highest BCUT2D eigenvalue weighted by molar-refractivity contribution is 5.99. The van der Waals surface area contributed by atoms with Crippen molar-refractivity contribution >= 4 is 11.9 Å². The maximum atomic E-state index is 12.3. The maximum Gasteiger partial charge on any atom is 0.335 e. The maximum absolute atomic E-state index is 12.3. The smallest absolute Gasteiger partial charge is 0.335 e. The average Bonchev–Trinajstić information content (AvgIpc) is 2.21. The summed E-state index contributed by atoms with van der Waals surface area (Å²) in [6.07, 6.45) is -0.531. The van der Waals surface area contributed by atoms with Gasteiger partial charge < -0.3 is 9.47 Å². The standard InChI is InChI=1S/C15H29NO4/c1-9(2)16(10(3)4)13(14(17)19-11(5)6)15(18)20-12(7)8/h9-13H,1-8H3. The van der Waals surface area contributed by atoms with Crippen molar-refractivity contribution in [3.8, 4) is 0 Å². The van der Waals surface area contributed by atoms with Crippen LogP contribution < -0.4 is 0 Å². The van der Waals surface area contributed by atoms with Crippen LogP contribution in [0.2, 0.25) is 0 Å². The molecule has 0 atom stereocenters. The highest BCUT2D eigenvalue weighted by Crippen LogP contribution is 2.15. The SMILES string of the molecule is CC(C)OC(=O)C(C(=O)OC(C)C)N(C(C)C)C(C)C. The average molecular weight is 287 g/mol.